The lowest BCUT2D eigenvalue weighted by atomic mass is 9.98. The number of hydrogen-bond donors (Lipinski definition) is 1. The van der Waals surface area contributed by atoms with Gasteiger partial charge in [0, 0.05) is 17.5 Å². The van der Waals surface area contributed by atoms with E-state index < -0.39 is 0 Å². The van der Waals surface area contributed by atoms with Crippen molar-refractivity contribution in [3.05, 3.63) is 64.2 Å². The summed E-state index contributed by atoms with van der Waals surface area (Å²) < 4.78 is 5.68. The Labute approximate surface area is 131 Å². The van der Waals surface area contributed by atoms with Gasteiger partial charge < -0.3 is 10.1 Å². The lowest BCUT2D eigenvalue weighted by Crippen LogP contribution is -2.32. The van der Waals surface area contributed by atoms with Crippen molar-refractivity contribution >= 4 is 5.91 Å². The number of carbonyl (C=O) groups is 1. The quantitative estimate of drug-likeness (QED) is 0.913. The van der Waals surface area contributed by atoms with Crippen LogP contribution in [0.1, 0.15) is 45.1 Å². The van der Waals surface area contributed by atoms with Crippen molar-refractivity contribution in [2.24, 2.45) is 0 Å². The summed E-state index contributed by atoms with van der Waals surface area (Å²) in [5.41, 5.74) is 5.29. The van der Waals surface area contributed by atoms with Crippen LogP contribution in [0.2, 0.25) is 0 Å². The molecule has 2 aromatic rings. The molecule has 1 N–H and O–H groups in total. The Morgan fingerprint density at radius 1 is 1.09 bits per heavy atom. The lowest BCUT2D eigenvalue weighted by molar-refractivity contribution is 0.0924. The van der Waals surface area contributed by atoms with Crippen molar-refractivity contribution in [3.8, 4) is 5.75 Å². The van der Waals surface area contributed by atoms with Gasteiger partial charge in [-0.1, -0.05) is 23.8 Å². The Kier molecular flexibility index (Phi) is 3.88. The molecule has 0 bridgehead atoms. The minimum Gasteiger partial charge on any atom is -0.493 e. The molecular formula is C19H21NO2. The first kappa shape index (κ1) is 14.6. The van der Waals surface area contributed by atoms with Crippen LogP contribution in [0.15, 0.2) is 36.4 Å². The Balaban J connectivity index is 1.83. The van der Waals surface area contributed by atoms with E-state index >= 15 is 0 Å². The van der Waals surface area contributed by atoms with Crippen molar-refractivity contribution in [2.75, 3.05) is 6.61 Å². The molecule has 22 heavy (non-hydrogen) atoms. The van der Waals surface area contributed by atoms with Crippen LogP contribution in [0.3, 0.4) is 0 Å². The molecule has 0 radical (unpaired) electrons. The van der Waals surface area contributed by atoms with Crippen LogP contribution >= 0.6 is 0 Å². The molecule has 0 spiro atoms. The molecule has 2 aromatic carbocycles. The first-order valence-electron chi connectivity index (χ1n) is 7.66. The summed E-state index contributed by atoms with van der Waals surface area (Å²) in [7, 11) is 0. The van der Waals surface area contributed by atoms with E-state index in [1.807, 2.05) is 37.3 Å². The largest absolute Gasteiger partial charge is 0.493 e. The predicted molar refractivity (Wildman–Crippen MR) is 87.4 cm³/mol. The van der Waals surface area contributed by atoms with Crippen molar-refractivity contribution < 1.29 is 9.53 Å². The van der Waals surface area contributed by atoms with Gasteiger partial charge in [-0.2, -0.15) is 0 Å². The molecule has 0 fully saturated rings. The topological polar surface area (TPSA) is 38.3 Å². The number of rotatable bonds is 2. The first-order valence-corrected chi connectivity index (χ1v) is 7.66. The highest BCUT2D eigenvalue weighted by molar-refractivity contribution is 5.94. The lowest BCUT2D eigenvalue weighted by Gasteiger charge is -2.27. The van der Waals surface area contributed by atoms with E-state index in [9.17, 15) is 4.79 Å². The molecule has 3 rings (SSSR count). The second kappa shape index (κ2) is 5.84. The Morgan fingerprint density at radius 2 is 1.91 bits per heavy atom. The van der Waals surface area contributed by atoms with Gasteiger partial charge in [0.25, 0.3) is 5.91 Å². The van der Waals surface area contributed by atoms with Gasteiger partial charge in [-0.25, -0.2) is 0 Å². The van der Waals surface area contributed by atoms with Crippen molar-refractivity contribution in [3.63, 3.8) is 0 Å². The van der Waals surface area contributed by atoms with Crippen molar-refractivity contribution in [1.82, 2.24) is 5.32 Å². The predicted octanol–water partition coefficient (Wildman–Crippen LogP) is 3.87. The average Bonchev–Trinajstić information content (AvgIpc) is 2.50. The summed E-state index contributed by atoms with van der Waals surface area (Å²) in [5.74, 6) is 0.852. The van der Waals surface area contributed by atoms with Gasteiger partial charge in [0.1, 0.15) is 5.75 Å². The SMILES string of the molecule is Cc1ccc2c(c1)C(NC(=O)c1ccc(C)c(C)c1)CCO2. The Bertz CT molecular complexity index is 721. The van der Waals surface area contributed by atoms with Gasteiger partial charge in [-0.3, -0.25) is 4.79 Å². The standard InChI is InChI=1S/C19H21NO2/c1-12-4-7-18-16(10-12)17(8-9-22-18)20-19(21)15-6-5-13(2)14(3)11-15/h4-7,10-11,17H,8-9H2,1-3H3,(H,20,21). The van der Waals surface area contributed by atoms with E-state index in [0.29, 0.717) is 12.2 Å². The fraction of sp³-hybridized carbons (Fsp3) is 0.316. The van der Waals surface area contributed by atoms with E-state index in [2.05, 4.69) is 25.2 Å². The normalized spacial score (nSPS) is 16.6. The number of fused-ring (bicyclic) bond motifs is 1. The summed E-state index contributed by atoms with van der Waals surface area (Å²) in [4.78, 5) is 12.5. The zero-order chi connectivity index (χ0) is 15.7. The summed E-state index contributed by atoms with van der Waals surface area (Å²) in [6.45, 7) is 6.76. The Morgan fingerprint density at radius 3 is 2.68 bits per heavy atom. The third-order valence-electron chi connectivity index (χ3n) is 4.28. The van der Waals surface area contributed by atoms with Gasteiger partial charge in [0.15, 0.2) is 0 Å². The molecule has 1 unspecified atom stereocenters. The van der Waals surface area contributed by atoms with E-state index in [0.717, 1.165) is 23.3 Å². The number of carbonyl (C=O) groups excluding carboxylic acids is 1. The molecule has 0 saturated heterocycles. The number of aryl methyl sites for hydroxylation is 3. The van der Waals surface area contributed by atoms with Gasteiger partial charge >= 0.3 is 0 Å². The first-order chi connectivity index (χ1) is 10.5. The monoisotopic (exact) mass is 295 g/mol. The number of nitrogens with one attached hydrogen (secondary N) is 1. The molecule has 0 saturated carbocycles. The molecule has 0 aromatic heterocycles. The third kappa shape index (κ3) is 2.84. The molecule has 1 aliphatic heterocycles. The molecule has 1 atom stereocenters. The van der Waals surface area contributed by atoms with Crippen LogP contribution in [0.5, 0.6) is 5.75 Å². The van der Waals surface area contributed by atoms with E-state index in [1.165, 1.54) is 11.1 Å². The van der Waals surface area contributed by atoms with Crippen molar-refractivity contribution in [2.45, 2.75) is 33.2 Å². The number of ether oxygens (including phenoxy) is 1. The van der Waals surface area contributed by atoms with Gasteiger partial charge in [0.2, 0.25) is 0 Å². The zero-order valence-corrected chi connectivity index (χ0v) is 13.3. The van der Waals surface area contributed by atoms with Crippen LogP contribution in [0.4, 0.5) is 0 Å². The van der Waals surface area contributed by atoms with E-state index in [1.54, 1.807) is 0 Å². The van der Waals surface area contributed by atoms with E-state index in [-0.39, 0.29) is 11.9 Å². The van der Waals surface area contributed by atoms with Gasteiger partial charge in [-0.15, -0.1) is 0 Å². The van der Waals surface area contributed by atoms with E-state index in [4.69, 9.17) is 4.74 Å². The summed E-state index contributed by atoms with van der Waals surface area (Å²) in [6, 6.07) is 11.9. The fourth-order valence-electron chi connectivity index (χ4n) is 2.79. The minimum absolute atomic E-state index is 0.0118. The summed E-state index contributed by atoms with van der Waals surface area (Å²) in [6.07, 6.45) is 0.799. The third-order valence-corrected chi connectivity index (χ3v) is 4.28. The molecule has 1 amide bonds. The average molecular weight is 295 g/mol. The minimum atomic E-state index is -0.0255. The molecular weight excluding hydrogens is 274 g/mol. The summed E-state index contributed by atoms with van der Waals surface area (Å²) >= 11 is 0. The van der Waals surface area contributed by atoms with Crippen molar-refractivity contribution in [1.29, 1.82) is 0 Å². The number of amides is 1. The molecule has 1 heterocycles. The highest BCUT2D eigenvalue weighted by Crippen LogP contribution is 2.32. The highest BCUT2D eigenvalue weighted by Gasteiger charge is 2.23. The van der Waals surface area contributed by atoms with Gasteiger partial charge in [0.05, 0.1) is 12.6 Å². The van der Waals surface area contributed by atoms with Crippen LogP contribution in [-0.2, 0) is 0 Å². The number of benzene rings is 2. The maximum Gasteiger partial charge on any atom is 0.251 e. The van der Waals surface area contributed by atoms with Crippen LogP contribution in [0, 0.1) is 20.8 Å². The molecule has 3 heteroatoms. The maximum absolute atomic E-state index is 12.5. The van der Waals surface area contributed by atoms with Gasteiger partial charge in [-0.05, 0) is 50.1 Å². The van der Waals surface area contributed by atoms with Crippen LogP contribution in [0.25, 0.3) is 0 Å². The molecule has 114 valence electrons. The second-order valence-electron chi connectivity index (χ2n) is 6.00. The second-order valence-corrected chi connectivity index (χ2v) is 6.00. The molecule has 0 aliphatic carbocycles. The zero-order valence-electron chi connectivity index (χ0n) is 13.3. The summed E-state index contributed by atoms with van der Waals surface area (Å²) in [5, 5.41) is 3.15. The highest BCUT2D eigenvalue weighted by atomic mass is 16.5. The molecule has 3 nitrogen and oxygen atoms in total. The van der Waals surface area contributed by atoms with Crippen LogP contribution < -0.4 is 10.1 Å². The number of hydrogen-bond acceptors (Lipinski definition) is 2. The van der Waals surface area contributed by atoms with Crippen LogP contribution in [-0.4, -0.2) is 12.5 Å². The Hall–Kier alpha value is -2.29. The smallest absolute Gasteiger partial charge is 0.251 e. The maximum atomic E-state index is 12.5. The molecule has 1 aliphatic rings. The fourth-order valence-corrected chi connectivity index (χ4v) is 2.79.